The van der Waals surface area contributed by atoms with Gasteiger partial charge in [-0.2, -0.15) is 0 Å². The Kier molecular flexibility index (Phi) is 3.86. The fourth-order valence-electron chi connectivity index (χ4n) is 2.03. The van der Waals surface area contributed by atoms with E-state index in [0.717, 1.165) is 13.1 Å². The molecule has 1 aromatic carbocycles. The highest BCUT2D eigenvalue weighted by molar-refractivity contribution is 5.50. The molecule has 0 aliphatic carbocycles. The monoisotopic (exact) mass is 228 g/mol. The van der Waals surface area contributed by atoms with E-state index in [4.69, 9.17) is 0 Å². The van der Waals surface area contributed by atoms with Gasteiger partial charge in [0.1, 0.15) is 0 Å². The summed E-state index contributed by atoms with van der Waals surface area (Å²) in [5.41, 5.74) is 3.85. The number of nitrogens with zero attached hydrogens (tertiary/aromatic N) is 1. The molecule has 0 saturated carbocycles. The predicted molar refractivity (Wildman–Crippen MR) is 73.2 cm³/mol. The van der Waals surface area contributed by atoms with Crippen LogP contribution >= 0.6 is 0 Å². The Labute approximate surface area is 103 Å². The Hall–Kier alpha value is -1.70. The van der Waals surface area contributed by atoms with Crippen LogP contribution in [0.2, 0.25) is 0 Å². The van der Waals surface area contributed by atoms with E-state index in [1.807, 2.05) is 0 Å². The average molecular weight is 228 g/mol. The normalized spacial score (nSPS) is 10.5. The Bertz CT molecular complexity index is 471. The minimum absolute atomic E-state index is 0.887. The molecule has 2 aromatic rings. The SMILES string of the molecule is CCCn1cccc1CNc1ccccc1C. The predicted octanol–water partition coefficient (Wildman–Crippen LogP) is 3.82. The van der Waals surface area contributed by atoms with Gasteiger partial charge in [0, 0.05) is 24.1 Å². The van der Waals surface area contributed by atoms with Gasteiger partial charge in [0.25, 0.3) is 0 Å². The lowest BCUT2D eigenvalue weighted by Gasteiger charge is -2.11. The average Bonchev–Trinajstić information content (AvgIpc) is 2.76. The van der Waals surface area contributed by atoms with Gasteiger partial charge in [-0.05, 0) is 37.1 Å². The highest BCUT2D eigenvalue weighted by Crippen LogP contribution is 2.14. The molecule has 17 heavy (non-hydrogen) atoms. The van der Waals surface area contributed by atoms with Crippen LogP contribution in [0.1, 0.15) is 24.6 Å². The van der Waals surface area contributed by atoms with E-state index in [-0.39, 0.29) is 0 Å². The van der Waals surface area contributed by atoms with Crippen LogP contribution in [0.3, 0.4) is 0 Å². The number of benzene rings is 1. The molecule has 1 N–H and O–H groups in total. The van der Waals surface area contributed by atoms with Crippen LogP contribution in [0.5, 0.6) is 0 Å². The van der Waals surface area contributed by atoms with E-state index in [9.17, 15) is 0 Å². The van der Waals surface area contributed by atoms with Crippen molar-refractivity contribution in [2.45, 2.75) is 33.4 Å². The number of aryl methyl sites for hydroxylation is 2. The van der Waals surface area contributed by atoms with E-state index in [0.29, 0.717) is 0 Å². The van der Waals surface area contributed by atoms with Gasteiger partial charge in [0.05, 0.1) is 6.54 Å². The number of hydrogen-bond acceptors (Lipinski definition) is 1. The molecule has 0 unspecified atom stereocenters. The first-order chi connectivity index (χ1) is 8.31. The Morgan fingerprint density at radius 3 is 2.71 bits per heavy atom. The van der Waals surface area contributed by atoms with Crippen molar-refractivity contribution >= 4 is 5.69 Å². The second-order valence-corrected chi connectivity index (χ2v) is 4.36. The van der Waals surface area contributed by atoms with Gasteiger partial charge in [-0.15, -0.1) is 0 Å². The lowest BCUT2D eigenvalue weighted by Crippen LogP contribution is -2.07. The first kappa shape index (κ1) is 11.8. The van der Waals surface area contributed by atoms with E-state index < -0.39 is 0 Å². The third-order valence-electron chi connectivity index (χ3n) is 2.99. The maximum absolute atomic E-state index is 3.49. The molecule has 1 aromatic heterocycles. The summed E-state index contributed by atoms with van der Waals surface area (Å²) in [7, 11) is 0. The molecule has 0 saturated heterocycles. The zero-order valence-electron chi connectivity index (χ0n) is 10.6. The molecule has 2 heteroatoms. The maximum atomic E-state index is 3.49. The van der Waals surface area contributed by atoms with Crippen LogP contribution in [-0.2, 0) is 13.1 Å². The summed E-state index contributed by atoms with van der Waals surface area (Å²) < 4.78 is 2.31. The number of hydrogen-bond donors (Lipinski definition) is 1. The van der Waals surface area contributed by atoms with Crippen molar-refractivity contribution in [2.24, 2.45) is 0 Å². The summed E-state index contributed by atoms with van der Waals surface area (Å²) >= 11 is 0. The van der Waals surface area contributed by atoms with Gasteiger partial charge in [-0.3, -0.25) is 0 Å². The van der Waals surface area contributed by atoms with Gasteiger partial charge in [0.2, 0.25) is 0 Å². The standard InChI is InChI=1S/C15H20N2/c1-3-10-17-11-6-8-14(17)12-16-15-9-5-4-7-13(15)2/h4-9,11,16H,3,10,12H2,1-2H3. The highest BCUT2D eigenvalue weighted by atomic mass is 15.0. The van der Waals surface area contributed by atoms with Crippen molar-refractivity contribution in [3.63, 3.8) is 0 Å². The molecule has 0 fully saturated rings. The minimum Gasteiger partial charge on any atom is -0.379 e. The van der Waals surface area contributed by atoms with Crippen molar-refractivity contribution in [2.75, 3.05) is 5.32 Å². The maximum Gasteiger partial charge on any atom is 0.0553 e. The van der Waals surface area contributed by atoms with E-state index in [1.165, 1.54) is 23.4 Å². The smallest absolute Gasteiger partial charge is 0.0553 e. The van der Waals surface area contributed by atoms with Crippen LogP contribution in [0.25, 0.3) is 0 Å². The molecule has 0 aliphatic heterocycles. The summed E-state index contributed by atoms with van der Waals surface area (Å²) in [6, 6.07) is 12.7. The van der Waals surface area contributed by atoms with E-state index >= 15 is 0 Å². The van der Waals surface area contributed by atoms with Crippen molar-refractivity contribution < 1.29 is 0 Å². The molecular formula is C15H20N2. The molecule has 0 amide bonds. The number of nitrogens with one attached hydrogen (secondary N) is 1. The number of rotatable bonds is 5. The van der Waals surface area contributed by atoms with Crippen LogP contribution < -0.4 is 5.32 Å². The number of anilines is 1. The zero-order valence-corrected chi connectivity index (χ0v) is 10.6. The fourth-order valence-corrected chi connectivity index (χ4v) is 2.03. The summed E-state index contributed by atoms with van der Waals surface area (Å²) in [5, 5.41) is 3.49. The topological polar surface area (TPSA) is 17.0 Å². The first-order valence-electron chi connectivity index (χ1n) is 6.24. The van der Waals surface area contributed by atoms with Crippen molar-refractivity contribution in [3.05, 3.63) is 53.9 Å². The summed E-state index contributed by atoms with van der Waals surface area (Å²) in [6.07, 6.45) is 3.32. The summed E-state index contributed by atoms with van der Waals surface area (Å²) in [4.78, 5) is 0. The Morgan fingerprint density at radius 2 is 1.94 bits per heavy atom. The van der Waals surface area contributed by atoms with Crippen molar-refractivity contribution in [3.8, 4) is 0 Å². The van der Waals surface area contributed by atoms with Crippen molar-refractivity contribution in [1.82, 2.24) is 4.57 Å². The van der Waals surface area contributed by atoms with Crippen LogP contribution in [0.15, 0.2) is 42.6 Å². The lowest BCUT2D eigenvalue weighted by molar-refractivity contribution is 0.654. The molecule has 0 atom stereocenters. The molecule has 1 heterocycles. The van der Waals surface area contributed by atoms with Gasteiger partial charge >= 0.3 is 0 Å². The van der Waals surface area contributed by atoms with Gasteiger partial charge in [0.15, 0.2) is 0 Å². The largest absolute Gasteiger partial charge is 0.379 e. The Balaban J connectivity index is 2.02. The Morgan fingerprint density at radius 1 is 1.12 bits per heavy atom. The summed E-state index contributed by atoms with van der Waals surface area (Å²) in [5.74, 6) is 0. The second kappa shape index (κ2) is 5.58. The van der Waals surface area contributed by atoms with Crippen LogP contribution in [0, 0.1) is 6.92 Å². The third-order valence-corrected chi connectivity index (χ3v) is 2.99. The molecule has 0 spiro atoms. The van der Waals surface area contributed by atoms with Crippen LogP contribution in [-0.4, -0.2) is 4.57 Å². The minimum atomic E-state index is 0.887. The molecule has 0 aliphatic rings. The highest BCUT2D eigenvalue weighted by Gasteiger charge is 2.01. The van der Waals surface area contributed by atoms with Gasteiger partial charge in [-0.1, -0.05) is 25.1 Å². The molecule has 0 bridgehead atoms. The van der Waals surface area contributed by atoms with Gasteiger partial charge in [-0.25, -0.2) is 0 Å². The molecule has 2 nitrogen and oxygen atoms in total. The van der Waals surface area contributed by atoms with Crippen LogP contribution in [0.4, 0.5) is 5.69 Å². The zero-order chi connectivity index (χ0) is 12.1. The number of para-hydroxylation sites is 1. The summed E-state index contributed by atoms with van der Waals surface area (Å²) in [6.45, 7) is 6.32. The number of aromatic nitrogens is 1. The third kappa shape index (κ3) is 2.90. The van der Waals surface area contributed by atoms with E-state index in [1.54, 1.807) is 0 Å². The molecule has 90 valence electrons. The van der Waals surface area contributed by atoms with Gasteiger partial charge < -0.3 is 9.88 Å². The van der Waals surface area contributed by atoms with Crippen molar-refractivity contribution in [1.29, 1.82) is 0 Å². The first-order valence-corrected chi connectivity index (χ1v) is 6.24. The fraction of sp³-hybridized carbons (Fsp3) is 0.333. The van der Waals surface area contributed by atoms with E-state index in [2.05, 4.69) is 66.3 Å². The lowest BCUT2D eigenvalue weighted by atomic mass is 10.2. The quantitative estimate of drug-likeness (QED) is 0.823. The molecular weight excluding hydrogens is 208 g/mol. The molecule has 2 rings (SSSR count). The molecule has 0 radical (unpaired) electrons. The second-order valence-electron chi connectivity index (χ2n) is 4.36.